The number of nitrogens with zero attached hydrogens (tertiary/aromatic N) is 2. The largest absolute Gasteiger partial charge is 0.496 e. The average molecular weight is 573 g/mol. The Morgan fingerprint density at radius 1 is 0.972 bits per heavy atom. The average Bonchev–Trinajstić information content (AvgIpc) is 2.90. The van der Waals surface area contributed by atoms with Crippen LogP contribution in [0.3, 0.4) is 0 Å². The van der Waals surface area contributed by atoms with Crippen molar-refractivity contribution < 1.29 is 19.1 Å². The van der Waals surface area contributed by atoms with Gasteiger partial charge >= 0.3 is 0 Å². The molecule has 2 amide bonds. The minimum atomic E-state index is -0.199. The molecule has 0 bridgehead atoms. The van der Waals surface area contributed by atoms with Gasteiger partial charge in [-0.25, -0.2) is 0 Å². The zero-order valence-corrected chi connectivity index (χ0v) is 22.4. The van der Waals surface area contributed by atoms with Crippen molar-refractivity contribution in [1.82, 2.24) is 4.90 Å². The molecule has 1 aliphatic heterocycles. The van der Waals surface area contributed by atoms with E-state index in [2.05, 4.69) is 26.1 Å². The van der Waals surface area contributed by atoms with Gasteiger partial charge in [-0.1, -0.05) is 11.6 Å². The fourth-order valence-electron chi connectivity index (χ4n) is 4.06. The second-order valence-electron chi connectivity index (χ2n) is 8.20. The molecular formula is C27H27BrClN3O4. The number of carbonyl (C=O) groups is 2. The summed E-state index contributed by atoms with van der Waals surface area (Å²) in [6.07, 6.45) is 0. The highest BCUT2D eigenvalue weighted by atomic mass is 79.9. The monoisotopic (exact) mass is 571 g/mol. The standard InChI is InChI=1S/C27H27BrClN3O4/c1-3-36-25-10-4-18(16-23(25)28)26(33)30-20-6-8-21(9-7-20)31-12-14-32(15-13-31)27(34)22-17-19(29)5-11-24(22)35-2/h4-11,16-17H,3,12-15H2,1-2H3,(H,30,33). The van der Waals surface area contributed by atoms with Gasteiger partial charge in [-0.2, -0.15) is 0 Å². The number of methoxy groups -OCH3 is 1. The molecule has 1 fully saturated rings. The highest BCUT2D eigenvalue weighted by molar-refractivity contribution is 9.10. The van der Waals surface area contributed by atoms with Gasteiger partial charge in [-0.15, -0.1) is 0 Å². The molecule has 0 saturated carbocycles. The van der Waals surface area contributed by atoms with Crippen molar-refractivity contribution in [2.75, 3.05) is 50.1 Å². The Labute approximate surface area is 224 Å². The fraction of sp³-hybridized carbons (Fsp3) is 0.259. The first kappa shape index (κ1) is 25.9. The molecule has 0 unspecified atom stereocenters. The lowest BCUT2D eigenvalue weighted by Gasteiger charge is -2.36. The number of ether oxygens (including phenoxy) is 2. The second kappa shape index (κ2) is 11.7. The summed E-state index contributed by atoms with van der Waals surface area (Å²) in [6, 6.07) is 18.0. The molecule has 0 radical (unpaired) electrons. The Morgan fingerprint density at radius 2 is 1.67 bits per heavy atom. The van der Waals surface area contributed by atoms with Crippen molar-refractivity contribution in [3.63, 3.8) is 0 Å². The lowest BCUT2D eigenvalue weighted by molar-refractivity contribution is 0.0743. The number of carbonyl (C=O) groups excluding carboxylic acids is 2. The van der Waals surface area contributed by atoms with Crippen LogP contribution in [0.4, 0.5) is 11.4 Å². The van der Waals surface area contributed by atoms with Crippen LogP contribution in [0.5, 0.6) is 11.5 Å². The van der Waals surface area contributed by atoms with E-state index in [9.17, 15) is 9.59 Å². The Kier molecular flexibility index (Phi) is 8.38. The van der Waals surface area contributed by atoms with Gasteiger partial charge in [0.05, 0.1) is 23.8 Å². The van der Waals surface area contributed by atoms with Gasteiger partial charge in [0.1, 0.15) is 11.5 Å². The number of hydrogen-bond donors (Lipinski definition) is 1. The van der Waals surface area contributed by atoms with Crippen LogP contribution < -0.4 is 19.7 Å². The Bertz CT molecular complexity index is 1240. The van der Waals surface area contributed by atoms with Crippen LogP contribution in [0.2, 0.25) is 5.02 Å². The summed E-state index contributed by atoms with van der Waals surface area (Å²) in [4.78, 5) is 29.7. The van der Waals surface area contributed by atoms with E-state index in [4.69, 9.17) is 21.1 Å². The first-order valence-corrected chi connectivity index (χ1v) is 12.8. The molecule has 0 spiro atoms. The van der Waals surface area contributed by atoms with Crippen LogP contribution in [-0.2, 0) is 0 Å². The highest BCUT2D eigenvalue weighted by Gasteiger charge is 2.25. The van der Waals surface area contributed by atoms with Crippen molar-refractivity contribution in [3.8, 4) is 11.5 Å². The van der Waals surface area contributed by atoms with E-state index < -0.39 is 0 Å². The predicted octanol–water partition coefficient (Wildman–Crippen LogP) is 5.72. The van der Waals surface area contributed by atoms with Gasteiger partial charge in [0, 0.05) is 48.1 Å². The van der Waals surface area contributed by atoms with Gasteiger partial charge < -0.3 is 24.6 Å². The third-order valence-electron chi connectivity index (χ3n) is 5.94. The lowest BCUT2D eigenvalue weighted by atomic mass is 10.1. The smallest absolute Gasteiger partial charge is 0.257 e. The van der Waals surface area contributed by atoms with Crippen LogP contribution >= 0.6 is 27.5 Å². The molecule has 0 aliphatic carbocycles. The minimum Gasteiger partial charge on any atom is -0.496 e. The van der Waals surface area contributed by atoms with E-state index in [-0.39, 0.29) is 11.8 Å². The molecule has 1 aliphatic rings. The lowest BCUT2D eigenvalue weighted by Crippen LogP contribution is -2.48. The summed E-state index contributed by atoms with van der Waals surface area (Å²) in [5.41, 5.74) is 2.74. The van der Waals surface area contributed by atoms with E-state index in [1.165, 1.54) is 0 Å². The molecule has 36 heavy (non-hydrogen) atoms. The number of hydrogen-bond acceptors (Lipinski definition) is 5. The van der Waals surface area contributed by atoms with Crippen molar-refractivity contribution in [1.29, 1.82) is 0 Å². The van der Waals surface area contributed by atoms with Crippen LogP contribution in [0.15, 0.2) is 65.1 Å². The van der Waals surface area contributed by atoms with Gasteiger partial charge in [0.25, 0.3) is 11.8 Å². The summed E-state index contributed by atoms with van der Waals surface area (Å²) in [7, 11) is 1.54. The molecule has 1 N–H and O–H groups in total. The molecular weight excluding hydrogens is 546 g/mol. The van der Waals surface area contributed by atoms with Gasteiger partial charge in [-0.3, -0.25) is 9.59 Å². The topological polar surface area (TPSA) is 71.1 Å². The van der Waals surface area contributed by atoms with Crippen molar-refractivity contribution >= 4 is 50.7 Å². The fourth-order valence-corrected chi connectivity index (χ4v) is 4.72. The first-order valence-electron chi connectivity index (χ1n) is 11.6. The van der Waals surface area contributed by atoms with E-state index in [0.29, 0.717) is 66.1 Å². The van der Waals surface area contributed by atoms with Crippen molar-refractivity contribution in [2.45, 2.75) is 6.92 Å². The molecule has 7 nitrogen and oxygen atoms in total. The molecule has 0 atom stereocenters. The third kappa shape index (κ3) is 5.94. The van der Waals surface area contributed by atoms with E-state index >= 15 is 0 Å². The van der Waals surface area contributed by atoms with Gasteiger partial charge in [-0.05, 0) is 83.5 Å². The normalized spacial score (nSPS) is 13.3. The molecule has 3 aromatic carbocycles. The summed E-state index contributed by atoms with van der Waals surface area (Å²) in [5, 5.41) is 3.43. The highest BCUT2D eigenvalue weighted by Crippen LogP contribution is 2.28. The van der Waals surface area contributed by atoms with Gasteiger partial charge in [0.15, 0.2) is 0 Å². The number of nitrogens with one attached hydrogen (secondary N) is 1. The molecule has 3 aromatic rings. The second-order valence-corrected chi connectivity index (χ2v) is 9.49. The van der Waals surface area contributed by atoms with E-state index in [0.717, 1.165) is 10.2 Å². The van der Waals surface area contributed by atoms with E-state index in [1.807, 2.05) is 36.1 Å². The first-order chi connectivity index (χ1) is 17.4. The van der Waals surface area contributed by atoms with Crippen LogP contribution in [0.25, 0.3) is 0 Å². The maximum atomic E-state index is 13.0. The SMILES string of the molecule is CCOc1ccc(C(=O)Nc2ccc(N3CCN(C(=O)c4cc(Cl)ccc4OC)CC3)cc2)cc1Br. The minimum absolute atomic E-state index is 0.0898. The van der Waals surface area contributed by atoms with E-state index in [1.54, 1.807) is 43.5 Å². The maximum absolute atomic E-state index is 13.0. The zero-order valence-electron chi connectivity index (χ0n) is 20.1. The summed E-state index contributed by atoms with van der Waals surface area (Å²) < 4.78 is 11.6. The van der Waals surface area contributed by atoms with Crippen LogP contribution in [-0.4, -0.2) is 56.6 Å². The molecule has 4 rings (SSSR count). The number of rotatable bonds is 7. The maximum Gasteiger partial charge on any atom is 0.257 e. The number of anilines is 2. The molecule has 9 heteroatoms. The number of halogens is 2. The predicted molar refractivity (Wildman–Crippen MR) is 146 cm³/mol. The Balaban J connectivity index is 1.34. The van der Waals surface area contributed by atoms with Crippen LogP contribution in [0, 0.1) is 0 Å². The molecule has 1 heterocycles. The summed E-state index contributed by atoms with van der Waals surface area (Å²) >= 11 is 9.54. The Hall–Kier alpha value is -3.23. The molecule has 1 saturated heterocycles. The van der Waals surface area contributed by atoms with Crippen molar-refractivity contribution in [3.05, 3.63) is 81.3 Å². The van der Waals surface area contributed by atoms with Crippen LogP contribution in [0.1, 0.15) is 27.6 Å². The Morgan fingerprint density at radius 3 is 2.31 bits per heavy atom. The zero-order chi connectivity index (χ0) is 25.7. The summed E-state index contributed by atoms with van der Waals surface area (Å²) in [5.74, 6) is 0.928. The van der Waals surface area contributed by atoms with Gasteiger partial charge in [0.2, 0.25) is 0 Å². The van der Waals surface area contributed by atoms with Crippen molar-refractivity contribution in [2.24, 2.45) is 0 Å². The third-order valence-corrected chi connectivity index (χ3v) is 6.80. The number of piperazine rings is 1. The molecule has 188 valence electrons. The quantitative estimate of drug-likeness (QED) is 0.392. The number of amides is 2. The summed E-state index contributed by atoms with van der Waals surface area (Å²) in [6.45, 7) is 5.02. The molecule has 0 aromatic heterocycles. The number of benzene rings is 3.